The second kappa shape index (κ2) is 8.81. The smallest absolute Gasteiger partial charge is 0.312 e. The molecule has 1 N–H and O–H groups in total. The summed E-state index contributed by atoms with van der Waals surface area (Å²) in [5.41, 5.74) is 1.75. The molecule has 0 bridgehead atoms. The number of unbranched alkanes of at least 4 members (excludes halogenated alkanes) is 1. The first-order valence-electron chi connectivity index (χ1n) is 9.96. The van der Waals surface area contributed by atoms with Crippen molar-refractivity contribution < 1.29 is 9.90 Å². The molecule has 29 heavy (non-hydrogen) atoms. The number of alkyl halides is 1. The van der Waals surface area contributed by atoms with Crippen LogP contribution in [0.1, 0.15) is 37.7 Å². The molecule has 2 aromatic rings. The summed E-state index contributed by atoms with van der Waals surface area (Å²) >= 11 is 13.8. The molecule has 3 rings (SSSR count). The van der Waals surface area contributed by atoms with Crippen LogP contribution in [-0.2, 0) is 4.79 Å². The summed E-state index contributed by atoms with van der Waals surface area (Å²) < 4.78 is 0. The van der Waals surface area contributed by atoms with Gasteiger partial charge in [0, 0.05) is 20.0 Å². The van der Waals surface area contributed by atoms with Crippen LogP contribution in [0, 0.1) is 5.92 Å². The number of carbonyl (C=O) groups is 1. The number of aliphatic carboxylic acids is 1. The van der Waals surface area contributed by atoms with E-state index in [2.05, 4.69) is 31.2 Å². The normalized spacial score (nSPS) is 22.7. The van der Waals surface area contributed by atoms with E-state index >= 15 is 0 Å². The number of allylic oxidation sites excluding steroid dienone is 2. The molecule has 0 aromatic heterocycles. The lowest BCUT2D eigenvalue weighted by Gasteiger charge is -2.41. The molecule has 3 nitrogen and oxygen atoms in total. The van der Waals surface area contributed by atoms with Crippen molar-refractivity contribution in [3.05, 3.63) is 70.9 Å². The predicted octanol–water partition coefficient (Wildman–Crippen LogP) is 6.37. The Morgan fingerprint density at radius 1 is 1.21 bits per heavy atom. The van der Waals surface area contributed by atoms with E-state index in [4.69, 9.17) is 23.2 Å². The highest BCUT2D eigenvalue weighted by molar-refractivity contribution is 6.34. The van der Waals surface area contributed by atoms with Gasteiger partial charge < -0.3 is 10.0 Å². The van der Waals surface area contributed by atoms with Gasteiger partial charge in [0.2, 0.25) is 0 Å². The van der Waals surface area contributed by atoms with Gasteiger partial charge in [-0.2, -0.15) is 0 Å². The maximum Gasteiger partial charge on any atom is 0.312 e. The summed E-state index contributed by atoms with van der Waals surface area (Å²) in [6.07, 6.45) is 6.18. The maximum absolute atomic E-state index is 12.3. The van der Waals surface area contributed by atoms with Gasteiger partial charge in [-0.25, -0.2) is 0 Å². The third-order valence-electron chi connectivity index (χ3n) is 5.72. The molecule has 3 atom stereocenters. The van der Waals surface area contributed by atoms with Crippen molar-refractivity contribution in [3.63, 3.8) is 0 Å². The third-order valence-corrected chi connectivity index (χ3v) is 6.63. The molecule has 0 heterocycles. The van der Waals surface area contributed by atoms with Crippen LogP contribution < -0.4 is 0 Å². The van der Waals surface area contributed by atoms with Crippen LogP contribution in [0.2, 0.25) is 0 Å². The van der Waals surface area contributed by atoms with E-state index in [-0.39, 0.29) is 5.92 Å². The van der Waals surface area contributed by atoms with Crippen molar-refractivity contribution in [2.45, 2.75) is 37.0 Å². The molecular formula is C24H27Cl2NO2. The second-order valence-electron chi connectivity index (χ2n) is 7.85. The van der Waals surface area contributed by atoms with Gasteiger partial charge >= 0.3 is 5.97 Å². The Bertz CT molecular complexity index is 961. The summed E-state index contributed by atoms with van der Waals surface area (Å²) in [6, 6.07) is 14.3. The zero-order chi connectivity index (χ0) is 21.2. The average molecular weight is 432 g/mol. The monoisotopic (exact) mass is 431 g/mol. The van der Waals surface area contributed by atoms with Crippen molar-refractivity contribution in [3.8, 4) is 0 Å². The molecule has 0 saturated carbocycles. The molecule has 0 fully saturated rings. The number of halogens is 2. The Balaban J connectivity index is 2.20. The minimum Gasteiger partial charge on any atom is -0.481 e. The molecule has 0 saturated heterocycles. The van der Waals surface area contributed by atoms with E-state index < -0.39 is 16.8 Å². The highest BCUT2D eigenvalue weighted by Crippen LogP contribution is 2.50. The van der Waals surface area contributed by atoms with Crippen molar-refractivity contribution in [2.75, 3.05) is 14.1 Å². The number of carboxylic acid groups (broad SMARTS) is 1. The summed E-state index contributed by atoms with van der Waals surface area (Å²) in [4.78, 5) is 13.0. The third kappa shape index (κ3) is 4.17. The van der Waals surface area contributed by atoms with Crippen LogP contribution in [0.3, 0.4) is 0 Å². The molecule has 3 unspecified atom stereocenters. The van der Waals surface area contributed by atoms with E-state index in [9.17, 15) is 9.90 Å². The number of likely N-dealkylation sites (N-methyl/N-ethyl adjacent to an activating group) is 1. The fraction of sp³-hybridized carbons (Fsp3) is 0.375. The number of fused-ring (bicyclic) bond motifs is 1. The van der Waals surface area contributed by atoms with E-state index in [0.717, 1.165) is 35.6 Å². The largest absolute Gasteiger partial charge is 0.481 e. The molecule has 2 aromatic carbocycles. The highest BCUT2D eigenvalue weighted by atomic mass is 35.5. The Morgan fingerprint density at radius 3 is 2.55 bits per heavy atom. The zero-order valence-corrected chi connectivity index (χ0v) is 18.5. The highest BCUT2D eigenvalue weighted by Gasteiger charge is 2.48. The minimum atomic E-state index is -1.15. The number of rotatable bonds is 7. The molecule has 1 aliphatic rings. The molecule has 0 spiro atoms. The first kappa shape index (κ1) is 21.7. The number of nitrogens with zero attached hydrogens (tertiary/aromatic N) is 1. The lowest BCUT2D eigenvalue weighted by atomic mass is 9.71. The van der Waals surface area contributed by atoms with Gasteiger partial charge in [0.25, 0.3) is 0 Å². The number of hydrogen-bond acceptors (Lipinski definition) is 2. The number of hydrogen-bond donors (Lipinski definition) is 1. The summed E-state index contributed by atoms with van der Waals surface area (Å²) in [6.45, 7) is 2.13. The molecule has 0 aliphatic heterocycles. The van der Waals surface area contributed by atoms with Crippen molar-refractivity contribution >= 4 is 39.9 Å². The first-order valence-corrected chi connectivity index (χ1v) is 10.7. The van der Waals surface area contributed by atoms with Gasteiger partial charge in [0.05, 0.1) is 15.6 Å². The Morgan fingerprint density at radius 2 is 1.90 bits per heavy atom. The Hall–Kier alpha value is -1.97. The van der Waals surface area contributed by atoms with Crippen molar-refractivity contribution in [1.82, 2.24) is 4.90 Å². The zero-order valence-electron chi connectivity index (χ0n) is 17.0. The Kier molecular flexibility index (Phi) is 6.60. The molecule has 154 valence electrons. The van der Waals surface area contributed by atoms with Crippen LogP contribution >= 0.6 is 23.2 Å². The molecular weight excluding hydrogens is 405 g/mol. The maximum atomic E-state index is 12.3. The van der Waals surface area contributed by atoms with Crippen molar-refractivity contribution in [2.24, 2.45) is 5.92 Å². The van der Waals surface area contributed by atoms with E-state index in [1.807, 2.05) is 37.2 Å². The van der Waals surface area contributed by atoms with Crippen molar-refractivity contribution in [1.29, 1.82) is 0 Å². The van der Waals surface area contributed by atoms with Crippen LogP contribution in [-0.4, -0.2) is 34.9 Å². The van der Waals surface area contributed by atoms with E-state index in [1.165, 1.54) is 0 Å². The summed E-state index contributed by atoms with van der Waals surface area (Å²) in [7, 11) is 3.70. The van der Waals surface area contributed by atoms with Gasteiger partial charge in [-0.1, -0.05) is 73.8 Å². The SMILES string of the molecule is CCCCC(c1cccc2ccccc12)C1(Cl)C=C(Cl)C(N(C)C)=CC1C(=O)O. The lowest BCUT2D eigenvalue weighted by molar-refractivity contribution is -0.141. The molecule has 5 heteroatoms. The van der Waals surface area contributed by atoms with Gasteiger partial charge in [-0.05, 0) is 34.9 Å². The fourth-order valence-electron chi connectivity index (χ4n) is 4.24. The predicted molar refractivity (Wildman–Crippen MR) is 122 cm³/mol. The van der Waals surface area contributed by atoms with Gasteiger partial charge in [-0.3, -0.25) is 4.79 Å². The Labute approximate surface area is 182 Å². The topological polar surface area (TPSA) is 40.5 Å². The van der Waals surface area contributed by atoms with E-state index in [0.29, 0.717) is 10.7 Å². The van der Waals surface area contributed by atoms with Gasteiger partial charge in [-0.15, -0.1) is 11.6 Å². The van der Waals surface area contributed by atoms with Crippen LogP contribution in [0.4, 0.5) is 0 Å². The van der Waals surface area contributed by atoms with Crippen LogP contribution in [0.25, 0.3) is 10.8 Å². The summed E-state index contributed by atoms with van der Waals surface area (Å²) in [5, 5.41) is 12.8. The minimum absolute atomic E-state index is 0.190. The standard InChI is InChI=1S/C24H27Cl2NO2/c1-4-5-13-19(18-12-8-10-16-9-6-7-11-17(16)18)24(26)15-21(25)22(27(2)3)14-20(24)23(28)29/h6-12,14-15,19-20H,4-5,13H2,1-3H3,(H,28,29). The molecule has 1 aliphatic carbocycles. The van der Waals surface area contributed by atoms with Gasteiger partial charge in [0.1, 0.15) is 5.92 Å². The average Bonchev–Trinajstić information content (AvgIpc) is 2.67. The number of benzene rings is 2. The molecule has 0 radical (unpaired) electrons. The quantitative estimate of drug-likeness (QED) is 0.517. The molecule has 0 amide bonds. The van der Waals surface area contributed by atoms with Crippen LogP contribution in [0.5, 0.6) is 0 Å². The number of carboxylic acids is 1. The van der Waals surface area contributed by atoms with Gasteiger partial charge in [0.15, 0.2) is 0 Å². The van der Waals surface area contributed by atoms with Crippen LogP contribution in [0.15, 0.2) is 65.3 Å². The lowest BCUT2D eigenvalue weighted by Crippen LogP contribution is -2.43. The summed E-state index contributed by atoms with van der Waals surface area (Å²) in [5.74, 6) is -2.02. The fourth-order valence-corrected chi connectivity index (χ4v) is 5.20. The first-order chi connectivity index (χ1) is 13.8. The second-order valence-corrected chi connectivity index (χ2v) is 8.91. The van der Waals surface area contributed by atoms with E-state index in [1.54, 1.807) is 12.2 Å².